The Kier molecular flexibility index (Phi) is 6.33. The van der Waals surface area contributed by atoms with E-state index in [2.05, 4.69) is 29.3 Å². The maximum absolute atomic E-state index is 6.05. The lowest BCUT2D eigenvalue weighted by Gasteiger charge is -2.21. The number of fused-ring (bicyclic) bond motifs is 2. The van der Waals surface area contributed by atoms with Gasteiger partial charge < -0.3 is 19.7 Å². The summed E-state index contributed by atoms with van der Waals surface area (Å²) in [5, 5.41) is 5.14. The molecule has 1 N–H and O–H groups in total. The molecule has 3 aliphatic rings. The van der Waals surface area contributed by atoms with Gasteiger partial charge in [-0.25, -0.2) is 0 Å². The van der Waals surface area contributed by atoms with E-state index in [1.807, 2.05) is 0 Å². The van der Waals surface area contributed by atoms with Crippen molar-refractivity contribution in [3.63, 3.8) is 0 Å². The van der Waals surface area contributed by atoms with Crippen LogP contribution in [0.3, 0.4) is 0 Å². The van der Waals surface area contributed by atoms with E-state index in [0.717, 1.165) is 48.7 Å². The van der Waals surface area contributed by atoms with Gasteiger partial charge in [-0.05, 0) is 88.1 Å². The van der Waals surface area contributed by atoms with Crippen molar-refractivity contribution in [2.45, 2.75) is 70.9 Å². The molecule has 31 heavy (non-hydrogen) atoms. The Morgan fingerprint density at radius 1 is 1.13 bits per heavy atom. The van der Waals surface area contributed by atoms with Gasteiger partial charge in [0.25, 0.3) is 0 Å². The van der Waals surface area contributed by atoms with Gasteiger partial charge in [-0.1, -0.05) is 6.92 Å². The quantitative estimate of drug-likeness (QED) is 0.609. The molecule has 5 nitrogen and oxygen atoms in total. The Balaban J connectivity index is 1.39. The number of likely N-dealkylation sites (tertiary alicyclic amines) is 1. The molecule has 5 rings (SSSR count). The molecule has 2 atom stereocenters. The molecule has 0 unspecified atom stereocenters. The molecule has 2 aliphatic carbocycles. The Hall–Kier alpha value is -1.85. The van der Waals surface area contributed by atoms with Crippen molar-refractivity contribution in [1.29, 1.82) is 0 Å². The van der Waals surface area contributed by atoms with Crippen molar-refractivity contribution in [1.82, 2.24) is 9.88 Å². The van der Waals surface area contributed by atoms with Crippen molar-refractivity contribution < 1.29 is 9.47 Å². The summed E-state index contributed by atoms with van der Waals surface area (Å²) in [5.41, 5.74) is 6.21. The highest BCUT2D eigenvalue weighted by molar-refractivity contribution is 5.95. The average molecular weight is 424 g/mol. The van der Waals surface area contributed by atoms with Gasteiger partial charge in [0.2, 0.25) is 0 Å². The fourth-order valence-electron chi connectivity index (χ4n) is 5.72. The van der Waals surface area contributed by atoms with Crippen LogP contribution in [-0.4, -0.2) is 49.3 Å². The number of aromatic nitrogens is 1. The van der Waals surface area contributed by atoms with Crippen LogP contribution in [0.25, 0.3) is 10.9 Å². The third-order valence-electron chi connectivity index (χ3n) is 7.47. The first kappa shape index (κ1) is 21.0. The number of nitrogens with zero attached hydrogens (tertiary/aromatic N) is 2. The fourth-order valence-corrected chi connectivity index (χ4v) is 5.72. The minimum Gasteiger partial charge on any atom is -0.496 e. The highest BCUT2D eigenvalue weighted by Gasteiger charge is 2.26. The van der Waals surface area contributed by atoms with Crippen LogP contribution in [0, 0.1) is 5.92 Å². The number of benzene rings is 1. The first-order valence-electron chi connectivity index (χ1n) is 12.3. The molecule has 1 aromatic carbocycles. The third-order valence-corrected chi connectivity index (χ3v) is 7.47. The highest BCUT2D eigenvalue weighted by atomic mass is 16.5. The summed E-state index contributed by atoms with van der Waals surface area (Å²) < 4.78 is 11.8. The minimum atomic E-state index is 0.574. The van der Waals surface area contributed by atoms with Crippen molar-refractivity contribution in [3.05, 3.63) is 29.0 Å². The lowest BCUT2D eigenvalue weighted by molar-refractivity contribution is 0.0979. The molecule has 0 radical (unpaired) electrons. The van der Waals surface area contributed by atoms with Crippen LogP contribution in [0.5, 0.6) is 5.75 Å². The van der Waals surface area contributed by atoms with Crippen LogP contribution in [0.4, 0.5) is 5.69 Å². The standard InChI is InChI=1S/C26H37N3O2/c1-18-8-9-20(14-18)27-26-21-6-5-7-23(21)28-24-15-19(25(30-2)16-22(24)26)17-31-13-12-29-10-3-4-11-29/h15-16,18,20H,3-14,17H2,1-2H3,(H,27,28)/t18-,20+/m0/s1. The van der Waals surface area contributed by atoms with Gasteiger partial charge >= 0.3 is 0 Å². The zero-order valence-electron chi connectivity index (χ0n) is 19.2. The molecule has 168 valence electrons. The first-order valence-corrected chi connectivity index (χ1v) is 12.3. The van der Waals surface area contributed by atoms with Gasteiger partial charge in [-0.3, -0.25) is 4.98 Å². The molecule has 2 fully saturated rings. The van der Waals surface area contributed by atoms with Crippen LogP contribution in [0.1, 0.15) is 62.3 Å². The third kappa shape index (κ3) is 4.54. The second kappa shape index (κ2) is 9.33. The van der Waals surface area contributed by atoms with Gasteiger partial charge in [0.15, 0.2) is 0 Å². The van der Waals surface area contributed by atoms with Crippen LogP contribution >= 0.6 is 0 Å². The summed E-state index contributed by atoms with van der Waals surface area (Å²) in [6.45, 7) is 7.17. The second-order valence-electron chi connectivity index (χ2n) is 9.81. The Labute approximate surface area is 186 Å². The van der Waals surface area contributed by atoms with E-state index >= 15 is 0 Å². The number of ether oxygens (including phenoxy) is 2. The topological polar surface area (TPSA) is 46.6 Å². The number of aryl methyl sites for hydroxylation is 1. The summed E-state index contributed by atoms with van der Waals surface area (Å²) >= 11 is 0. The molecule has 2 aromatic rings. The molecule has 0 bridgehead atoms. The van der Waals surface area contributed by atoms with E-state index in [1.165, 1.54) is 73.9 Å². The molecule has 0 amide bonds. The van der Waals surface area contributed by atoms with Crippen molar-refractivity contribution in [2.24, 2.45) is 5.92 Å². The molecule has 1 saturated carbocycles. The summed E-state index contributed by atoms with van der Waals surface area (Å²) in [5.74, 6) is 1.73. The van der Waals surface area contributed by atoms with E-state index in [4.69, 9.17) is 14.5 Å². The van der Waals surface area contributed by atoms with E-state index < -0.39 is 0 Å². The number of pyridine rings is 1. The van der Waals surface area contributed by atoms with Gasteiger partial charge in [-0.15, -0.1) is 0 Å². The first-order chi connectivity index (χ1) is 15.2. The van der Waals surface area contributed by atoms with Gasteiger partial charge in [0.05, 0.1) is 25.8 Å². The molecule has 5 heteroatoms. The average Bonchev–Trinajstić information content (AvgIpc) is 3.53. The number of nitrogens with one attached hydrogen (secondary N) is 1. The molecule has 1 saturated heterocycles. The Morgan fingerprint density at radius 3 is 2.77 bits per heavy atom. The van der Waals surface area contributed by atoms with E-state index in [1.54, 1.807) is 7.11 Å². The van der Waals surface area contributed by atoms with Crippen molar-refractivity contribution >= 4 is 16.6 Å². The molecule has 1 aromatic heterocycles. The largest absolute Gasteiger partial charge is 0.496 e. The number of methoxy groups -OCH3 is 1. The number of hydrogen-bond acceptors (Lipinski definition) is 5. The zero-order valence-corrected chi connectivity index (χ0v) is 19.2. The minimum absolute atomic E-state index is 0.574. The number of hydrogen-bond donors (Lipinski definition) is 1. The second-order valence-corrected chi connectivity index (χ2v) is 9.81. The van der Waals surface area contributed by atoms with Gasteiger partial charge in [0, 0.05) is 34.9 Å². The lowest BCUT2D eigenvalue weighted by atomic mass is 10.0. The van der Waals surface area contributed by atoms with Crippen LogP contribution in [0.15, 0.2) is 12.1 Å². The van der Waals surface area contributed by atoms with Gasteiger partial charge in [0.1, 0.15) is 5.75 Å². The number of anilines is 1. The summed E-state index contributed by atoms with van der Waals surface area (Å²) in [6.07, 6.45) is 9.93. The van der Waals surface area contributed by atoms with E-state index in [0.29, 0.717) is 12.6 Å². The Morgan fingerprint density at radius 2 is 2.00 bits per heavy atom. The summed E-state index contributed by atoms with van der Waals surface area (Å²) in [6, 6.07) is 4.97. The van der Waals surface area contributed by atoms with Crippen molar-refractivity contribution in [2.75, 3.05) is 38.7 Å². The lowest BCUT2D eigenvalue weighted by Crippen LogP contribution is -2.23. The maximum atomic E-state index is 6.05. The molecular formula is C26H37N3O2. The maximum Gasteiger partial charge on any atom is 0.125 e. The smallest absolute Gasteiger partial charge is 0.125 e. The monoisotopic (exact) mass is 423 g/mol. The zero-order chi connectivity index (χ0) is 21.2. The SMILES string of the molecule is COc1cc2c(N[C@@H]3CC[C@H](C)C3)c3c(nc2cc1COCCN1CCCC1)CCC3. The predicted octanol–water partition coefficient (Wildman–Crippen LogP) is 4.95. The van der Waals surface area contributed by atoms with E-state index in [9.17, 15) is 0 Å². The summed E-state index contributed by atoms with van der Waals surface area (Å²) in [7, 11) is 1.77. The Bertz CT molecular complexity index is 923. The summed E-state index contributed by atoms with van der Waals surface area (Å²) in [4.78, 5) is 7.56. The predicted molar refractivity (Wildman–Crippen MR) is 126 cm³/mol. The molecule has 1 aliphatic heterocycles. The van der Waals surface area contributed by atoms with Gasteiger partial charge in [-0.2, -0.15) is 0 Å². The van der Waals surface area contributed by atoms with Crippen LogP contribution in [0.2, 0.25) is 0 Å². The fraction of sp³-hybridized carbons (Fsp3) is 0.654. The van der Waals surface area contributed by atoms with Crippen molar-refractivity contribution in [3.8, 4) is 5.75 Å². The molecule has 0 spiro atoms. The van der Waals surface area contributed by atoms with Crippen LogP contribution in [-0.2, 0) is 24.2 Å². The normalized spacial score (nSPS) is 23.5. The number of rotatable bonds is 8. The highest BCUT2D eigenvalue weighted by Crippen LogP contribution is 2.39. The molecule has 2 heterocycles. The molecular weight excluding hydrogens is 386 g/mol. The van der Waals surface area contributed by atoms with E-state index in [-0.39, 0.29) is 0 Å². The van der Waals surface area contributed by atoms with Crippen LogP contribution < -0.4 is 10.1 Å².